The highest BCUT2D eigenvalue weighted by atomic mass is 16.4. The van der Waals surface area contributed by atoms with Crippen LogP contribution >= 0.6 is 0 Å². The topological polar surface area (TPSA) is 115 Å². The first-order chi connectivity index (χ1) is 13.3. The van der Waals surface area contributed by atoms with Crippen molar-refractivity contribution in [2.75, 3.05) is 0 Å². The van der Waals surface area contributed by atoms with Crippen LogP contribution in [0.4, 0.5) is 0 Å². The average molecular weight is 376 g/mol. The number of benzene rings is 3. The van der Waals surface area contributed by atoms with E-state index < -0.39 is 23.1 Å². The second kappa shape index (κ2) is 6.13. The Morgan fingerprint density at radius 2 is 1.54 bits per heavy atom. The summed E-state index contributed by atoms with van der Waals surface area (Å²) in [5.74, 6) is -3.74. The molecule has 0 bridgehead atoms. The molecule has 0 radical (unpaired) electrons. The molecule has 4 N–H and O–H groups in total. The van der Waals surface area contributed by atoms with Crippen LogP contribution in [0.15, 0.2) is 54.6 Å². The minimum Gasteiger partial charge on any atom is -0.504 e. The molecule has 0 atom stereocenters. The fraction of sp³-hybridized carbons (Fsp3) is 0.0909. The van der Waals surface area contributed by atoms with Gasteiger partial charge in [0, 0.05) is 12.0 Å². The largest absolute Gasteiger partial charge is 0.504 e. The van der Waals surface area contributed by atoms with Crippen LogP contribution in [0.2, 0.25) is 0 Å². The zero-order chi connectivity index (χ0) is 20.1. The Morgan fingerprint density at radius 1 is 0.893 bits per heavy atom. The monoisotopic (exact) mass is 376 g/mol. The molecule has 0 aliphatic heterocycles. The molecule has 0 unspecified atom stereocenters. The molecule has 0 saturated carbocycles. The summed E-state index contributed by atoms with van der Waals surface area (Å²) in [5, 5.41) is 42.7. The summed E-state index contributed by atoms with van der Waals surface area (Å²) in [7, 11) is 0. The van der Waals surface area contributed by atoms with Gasteiger partial charge in [-0.05, 0) is 38.9 Å². The summed E-state index contributed by atoms with van der Waals surface area (Å²) >= 11 is 0. The summed E-state index contributed by atoms with van der Waals surface area (Å²) in [5.41, 5.74) is -1.58. The number of aliphatic carboxylic acids is 2. The van der Waals surface area contributed by atoms with Crippen LogP contribution < -0.4 is 10.4 Å². The Kier molecular flexibility index (Phi) is 3.85. The van der Waals surface area contributed by atoms with Gasteiger partial charge in [0.05, 0.1) is 0 Å². The van der Waals surface area contributed by atoms with E-state index in [-0.39, 0.29) is 17.7 Å². The molecular weight excluding hydrogens is 360 g/mol. The second-order valence-electron chi connectivity index (χ2n) is 6.81. The average Bonchev–Trinajstić information content (AvgIpc) is 2.68. The number of carboxylic acids is 2. The number of rotatable bonds is 3. The number of hydrogen-bond donors (Lipinski definition) is 4. The fourth-order valence-corrected chi connectivity index (χ4v) is 3.80. The van der Waals surface area contributed by atoms with Crippen molar-refractivity contribution in [2.24, 2.45) is 5.41 Å². The molecule has 3 aromatic carbocycles. The molecule has 28 heavy (non-hydrogen) atoms. The maximum Gasteiger partial charge on any atom is 0.325 e. The summed E-state index contributed by atoms with van der Waals surface area (Å²) < 4.78 is 0. The standard InChI is InChI=1S/C22H16O6/c23-17-9-12-5-1-4-8-15(12)18(19(17)24)16-11-22(20(25)26,21(27)28)10-13-6-2-3-7-14(13)16/h1-10,23-24H,11H2,(H,25,26)(H,27,28). The first-order valence-corrected chi connectivity index (χ1v) is 8.57. The maximum atomic E-state index is 12.0. The normalized spacial score (nSPS) is 14.9. The van der Waals surface area contributed by atoms with Crippen molar-refractivity contribution >= 4 is 34.4 Å². The molecule has 0 heterocycles. The van der Waals surface area contributed by atoms with E-state index in [4.69, 9.17) is 0 Å². The van der Waals surface area contributed by atoms with E-state index in [1.807, 2.05) is 0 Å². The molecule has 140 valence electrons. The summed E-state index contributed by atoms with van der Waals surface area (Å²) in [6.45, 7) is 0. The van der Waals surface area contributed by atoms with Crippen LogP contribution in [-0.2, 0) is 9.59 Å². The van der Waals surface area contributed by atoms with Crippen molar-refractivity contribution < 1.29 is 30.0 Å². The molecular formula is C22H16O6. The van der Waals surface area contributed by atoms with E-state index >= 15 is 0 Å². The van der Waals surface area contributed by atoms with Gasteiger partial charge in [-0.25, -0.2) is 0 Å². The molecule has 1 aliphatic rings. The molecule has 4 rings (SSSR count). The predicted octanol–water partition coefficient (Wildman–Crippen LogP) is 1.79. The highest BCUT2D eigenvalue weighted by molar-refractivity contribution is 6.08. The third-order valence-electron chi connectivity index (χ3n) is 5.21. The number of phenolic OH excluding ortho intramolecular Hbond substituents is 2. The molecule has 6 heteroatoms. The molecule has 0 amide bonds. The number of aromatic hydroxyl groups is 2. The maximum absolute atomic E-state index is 12.0. The van der Waals surface area contributed by atoms with Gasteiger partial charge in [-0.15, -0.1) is 0 Å². The third kappa shape index (κ3) is 2.42. The van der Waals surface area contributed by atoms with E-state index in [0.29, 0.717) is 26.8 Å². The van der Waals surface area contributed by atoms with E-state index in [9.17, 15) is 30.0 Å². The van der Waals surface area contributed by atoms with Crippen molar-refractivity contribution in [3.8, 4) is 11.5 Å². The highest BCUT2D eigenvalue weighted by Gasteiger charge is 2.47. The van der Waals surface area contributed by atoms with Crippen LogP contribution in [0.5, 0.6) is 11.5 Å². The van der Waals surface area contributed by atoms with Gasteiger partial charge in [-0.3, -0.25) is 9.59 Å². The van der Waals surface area contributed by atoms with E-state index in [1.54, 1.807) is 48.5 Å². The summed E-state index contributed by atoms with van der Waals surface area (Å²) in [4.78, 5) is 24.0. The third-order valence-corrected chi connectivity index (χ3v) is 5.21. The van der Waals surface area contributed by atoms with E-state index in [2.05, 4.69) is 0 Å². The van der Waals surface area contributed by atoms with Crippen LogP contribution in [0, 0.1) is 5.41 Å². The Labute approximate surface area is 158 Å². The van der Waals surface area contributed by atoms with Crippen LogP contribution in [0.3, 0.4) is 0 Å². The lowest BCUT2D eigenvalue weighted by Gasteiger charge is -2.27. The van der Waals surface area contributed by atoms with Crippen molar-refractivity contribution in [1.82, 2.24) is 0 Å². The lowest BCUT2D eigenvalue weighted by atomic mass is 9.74. The minimum atomic E-state index is -2.18. The lowest BCUT2D eigenvalue weighted by molar-refractivity contribution is -0.159. The number of hydrogen-bond acceptors (Lipinski definition) is 4. The lowest BCUT2D eigenvalue weighted by Crippen LogP contribution is -2.45. The Hall–Kier alpha value is -3.80. The molecule has 0 spiro atoms. The zero-order valence-corrected chi connectivity index (χ0v) is 14.6. The van der Waals surface area contributed by atoms with Crippen molar-refractivity contribution in [3.05, 3.63) is 70.6 Å². The van der Waals surface area contributed by atoms with Gasteiger partial charge in [0.25, 0.3) is 0 Å². The quantitative estimate of drug-likeness (QED) is 0.409. The van der Waals surface area contributed by atoms with Crippen molar-refractivity contribution in [1.29, 1.82) is 0 Å². The van der Waals surface area contributed by atoms with Crippen LogP contribution in [-0.4, -0.2) is 32.4 Å². The number of carboxylic acid groups (broad SMARTS) is 2. The first kappa shape index (κ1) is 17.6. The van der Waals surface area contributed by atoms with E-state index in [1.165, 1.54) is 12.1 Å². The molecule has 6 nitrogen and oxygen atoms in total. The van der Waals surface area contributed by atoms with Crippen LogP contribution in [0.1, 0.15) is 12.0 Å². The minimum absolute atomic E-state index is 0.239. The predicted molar refractivity (Wildman–Crippen MR) is 102 cm³/mol. The second-order valence-corrected chi connectivity index (χ2v) is 6.81. The Bertz CT molecular complexity index is 1260. The van der Waals surface area contributed by atoms with Gasteiger partial charge < -0.3 is 20.4 Å². The van der Waals surface area contributed by atoms with Crippen molar-refractivity contribution in [3.63, 3.8) is 0 Å². The van der Waals surface area contributed by atoms with Gasteiger partial charge in [-0.1, -0.05) is 48.5 Å². The number of phenols is 2. The highest BCUT2D eigenvalue weighted by Crippen LogP contribution is 2.43. The molecule has 0 aromatic heterocycles. The van der Waals surface area contributed by atoms with Gasteiger partial charge >= 0.3 is 11.9 Å². The van der Waals surface area contributed by atoms with Gasteiger partial charge in [0.15, 0.2) is 16.9 Å². The van der Waals surface area contributed by atoms with E-state index in [0.717, 1.165) is 0 Å². The SMILES string of the molecule is O=C(O)C1(C(=O)O)C=c2ccccc2=C(c2c(O)c(O)cc3ccccc23)C1. The first-order valence-electron chi connectivity index (χ1n) is 8.57. The number of carbonyl (C=O) groups is 2. The molecule has 0 fully saturated rings. The smallest absolute Gasteiger partial charge is 0.325 e. The Balaban J connectivity index is 2.19. The molecule has 0 saturated heterocycles. The zero-order valence-electron chi connectivity index (χ0n) is 14.6. The van der Waals surface area contributed by atoms with Gasteiger partial charge in [0.2, 0.25) is 0 Å². The van der Waals surface area contributed by atoms with Crippen LogP contribution in [0.25, 0.3) is 22.4 Å². The molecule has 3 aromatic rings. The van der Waals surface area contributed by atoms with Gasteiger partial charge in [-0.2, -0.15) is 0 Å². The summed E-state index contributed by atoms with van der Waals surface area (Å²) in [6.07, 6.45) is 0.869. The fourth-order valence-electron chi connectivity index (χ4n) is 3.80. The summed E-state index contributed by atoms with van der Waals surface area (Å²) in [6, 6.07) is 15.2. The molecule has 1 aliphatic carbocycles. The number of fused-ring (bicyclic) bond motifs is 2. The Morgan fingerprint density at radius 3 is 2.25 bits per heavy atom. The van der Waals surface area contributed by atoms with Crippen molar-refractivity contribution in [2.45, 2.75) is 6.42 Å². The van der Waals surface area contributed by atoms with Gasteiger partial charge in [0.1, 0.15) is 0 Å².